The zero-order chi connectivity index (χ0) is 21.4. The lowest BCUT2D eigenvalue weighted by Gasteiger charge is -2.13. The van der Waals surface area contributed by atoms with E-state index in [-0.39, 0.29) is 6.54 Å². The van der Waals surface area contributed by atoms with Crippen LogP contribution < -0.4 is 5.32 Å². The minimum atomic E-state index is -0.450. The summed E-state index contributed by atoms with van der Waals surface area (Å²) >= 11 is 0.857. The van der Waals surface area contributed by atoms with E-state index in [4.69, 9.17) is 0 Å². The Kier molecular flexibility index (Phi) is 5.22. The van der Waals surface area contributed by atoms with Gasteiger partial charge in [-0.15, -0.1) is 0 Å². The van der Waals surface area contributed by atoms with Crippen LogP contribution in [0.5, 0.6) is 0 Å². The first-order chi connectivity index (χ1) is 14.3. The first-order valence-corrected chi connectivity index (χ1v) is 10.3. The van der Waals surface area contributed by atoms with Crippen molar-refractivity contribution in [3.63, 3.8) is 0 Å². The van der Waals surface area contributed by atoms with E-state index >= 15 is 0 Å². The third-order valence-electron chi connectivity index (χ3n) is 5.05. The molecule has 30 heavy (non-hydrogen) atoms. The highest BCUT2D eigenvalue weighted by Crippen LogP contribution is 2.34. The van der Waals surface area contributed by atoms with E-state index in [0.717, 1.165) is 44.3 Å². The van der Waals surface area contributed by atoms with Gasteiger partial charge in [0.15, 0.2) is 0 Å². The summed E-state index contributed by atoms with van der Waals surface area (Å²) in [5.41, 5.74) is 4.58. The van der Waals surface area contributed by atoms with E-state index in [9.17, 15) is 14.4 Å². The predicted molar refractivity (Wildman–Crippen MR) is 120 cm³/mol. The summed E-state index contributed by atoms with van der Waals surface area (Å²) in [6, 6.07) is 13.5. The topological polar surface area (TPSA) is 71.4 Å². The molecule has 1 aromatic heterocycles. The van der Waals surface area contributed by atoms with Crippen LogP contribution in [0.15, 0.2) is 53.6 Å². The number of fused-ring (bicyclic) bond motifs is 1. The quantitative estimate of drug-likeness (QED) is 0.634. The maximum Gasteiger partial charge on any atom is 0.294 e. The van der Waals surface area contributed by atoms with E-state index in [1.165, 1.54) is 0 Å². The van der Waals surface area contributed by atoms with Gasteiger partial charge in [0.05, 0.1) is 4.91 Å². The number of carbonyl (C=O) groups is 3. The number of para-hydroxylation sites is 1. The first kappa shape index (κ1) is 20.0. The number of hydrogen-bond donors (Lipinski definition) is 1. The Morgan fingerprint density at radius 3 is 2.67 bits per heavy atom. The van der Waals surface area contributed by atoms with Gasteiger partial charge in [-0.05, 0) is 49.4 Å². The van der Waals surface area contributed by atoms with Crippen LogP contribution >= 0.6 is 11.8 Å². The van der Waals surface area contributed by atoms with Crippen molar-refractivity contribution in [3.8, 4) is 0 Å². The smallest absolute Gasteiger partial charge is 0.294 e. The molecular formula is C23H21N3O3S. The molecule has 0 atom stereocenters. The van der Waals surface area contributed by atoms with Crippen molar-refractivity contribution in [2.75, 3.05) is 11.9 Å². The summed E-state index contributed by atoms with van der Waals surface area (Å²) in [6.07, 6.45) is 3.64. The van der Waals surface area contributed by atoms with Crippen LogP contribution in [0.3, 0.4) is 0 Å². The lowest BCUT2D eigenvalue weighted by molar-refractivity contribution is -0.127. The molecule has 0 radical (unpaired) electrons. The maximum absolute atomic E-state index is 12.8. The number of amides is 3. The average Bonchev–Trinajstić information content (AvgIpc) is 3.16. The molecule has 7 heteroatoms. The summed E-state index contributed by atoms with van der Waals surface area (Å²) in [7, 11) is 1.93. The molecule has 0 saturated carbocycles. The van der Waals surface area contributed by atoms with E-state index in [1.54, 1.807) is 6.08 Å². The molecule has 0 spiro atoms. The van der Waals surface area contributed by atoms with Crippen molar-refractivity contribution >= 4 is 51.5 Å². The van der Waals surface area contributed by atoms with Crippen LogP contribution in [0.4, 0.5) is 10.5 Å². The molecule has 2 heterocycles. The van der Waals surface area contributed by atoms with Gasteiger partial charge in [0.2, 0.25) is 5.91 Å². The number of nitrogens with zero attached hydrogens (tertiary/aromatic N) is 2. The number of hydrogen-bond acceptors (Lipinski definition) is 4. The normalized spacial score (nSPS) is 15.4. The van der Waals surface area contributed by atoms with Crippen LogP contribution in [-0.4, -0.2) is 33.1 Å². The fourth-order valence-electron chi connectivity index (χ4n) is 3.55. The Hall–Kier alpha value is -3.32. The van der Waals surface area contributed by atoms with E-state index in [0.29, 0.717) is 10.6 Å². The number of anilines is 1. The maximum atomic E-state index is 12.8. The number of rotatable bonds is 4. The number of thioether (sulfide) groups is 1. The molecule has 6 nitrogen and oxygen atoms in total. The highest BCUT2D eigenvalue weighted by molar-refractivity contribution is 8.18. The second-order valence-corrected chi connectivity index (χ2v) is 8.34. The molecule has 1 aliphatic heterocycles. The standard InChI is InChI=1S/C23H21N3O3S/c1-14-8-9-18(15(2)10-14)24-21(27)13-26-22(28)20(30-23(26)29)11-16-12-25(3)19-7-5-4-6-17(16)19/h4-12H,13H2,1-3H3,(H,24,27)/b20-11+. The Balaban J connectivity index is 1.52. The van der Waals surface area contributed by atoms with Gasteiger partial charge in [-0.25, -0.2) is 0 Å². The van der Waals surface area contributed by atoms with Crippen molar-refractivity contribution < 1.29 is 14.4 Å². The van der Waals surface area contributed by atoms with Gasteiger partial charge in [0.25, 0.3) is 11.1 Å². The van der Waals surface area contributed by atoms with Gasteiger partial charge in [0, 0.05) is 35.4 Å². The van der Waals surface area contributed by atoms with Gasteiger partial charge >= 0.3 is 0 Å². The summed E-state index contributed by atoms with van der Waals surface area (Å²) in [6.45, 7) is 3.56. The SMILES string of the molecule is Cc1ccc(NC(=O)CN2C(=O)S/C(=C/c3cn(C)c4ccccc34)C2=O)c(C)c1. The third kappa shape index (κ3) is 3.76. The monoisotopic (exact) mass is 419 g/mol. The molecule has 152 valence electrons. The molecule has 0 aliphatic carbocycles. The predicted octanol–water partition coefficient (Wildman–Crippen LogP) is 4.47. The van der Waals surface area contributed by atoms with Gasteiger partial charge in [0.1, 0.15) is 6.54 Å². The van der Waals surface area contributed by atoms with E-state index < -0.39 is 17.1 Å². The Morgan fingerprint density at radius 1 is 1.13 bits per heavy atom. The average molecular weight is 420 g/mol. The number of benzene rings is 2. The van der Waals surface area contributed by atoms with Crippen LogP contribution in [0.25, 0.3) is 17.0 Å². The summed E-state index contributed by atoms with van der Waals surface area (Å²) in [5.74, 6) is -0.857. The zero-order valence-corrected chi connectivity index (χ0v) is 17.7. The number of carbonyl (C=O) groups excluding carboxylic acids is 3. The lowest BCUT2D eigenvalue weighted by Crippen LogP contribution is -2.36. The lowest BCUT2D eigenvalue weighted by atomic mass is 10.1. The Bertz CT molecular complexity index is 1230. The molecule has 1 saturated heterocycles. The van der Waals surface area contributed by atoms with Gasteiger partial charge in [-0.1, -0.05) is 35.9 Å². The molecule has 1 N–H and O–H groups in total. The Morgan fingerprint density at radius 2 is 1.90 bits per heavy atom. The molecular weight excluding hydrogens is 398 g/mol. The van der Waals surface area contributed by atoms with Crippen molar-refractivity contribution in [2.24, 2.45) is 7.05 Å². The van der Waals surface area contributed by atoms with Crippen LogP contribution in [0.2, 0.25) is 0 Å². The molecule has 3 amide bonds. The highest BCUT2D eigenvalue weighted by Gasteiger charge is 2.36. The molecule has 1 aliphatic rings. The summed E-state index contributed by atoms with van der Waals surface area (Å²) < 4.78 is 1.97. The second-order valence-electron chi connectivity index (χ2n) is 7.35. The molecule has 0 unspecified atom stereocenters. The molecule has 3 aromatic rings. The van der Waals surface area contributed by atoms with Crippen molar-refractivity contribution in [2.45, 2.75) is 13.8 Å². The summed E-state index contributed by atoms with van der Waals surface area (Å²) in [4.78, 5) is 38.9. The van der Waals surface area contributed by atoms with E-state index in [2.05, 4.69) is 5.32 Å². The minimum Gasteiger partial charge on any atom is -0.350 e. The molecule has 4 rings (SSSR count). The number of aromatic nitrogens is 1. The van der Waals surface area contributed by atoms with Crippen molar-refractivity contribution in [3.05, 3.63) is 70.3 Å². The van der Waals surface area contributed by atoms with E-state index in [1.807, 2.05) is 74.1 Å². The van der Waals surface area contributed by atoms with Crippen LogP contribution in [-0.2, 0) is 16.6 Å². The van der Waals surface area contributed by atoms with Gasteiger partial charge < -0.3 is 9.88 Å². The Labute approximate surface area is 178 Å². The minimum absolute atomic E-state index is 0.315. The van der Waals surface area contributed by atoms with Crippen molar-refractivity contribution in [1.82, 2.24) is 9.47 Å². The van der Waals surface area contributed by atoms with Gasteiger partial charge in [-0.2, -0.15) is 0 Å². The largest absolute Gasteiger partial charge is 0.350 e. The molecule has 2 aromatic carbocycles. The van der Waals surface area contributed by atoms with Crippen LogP contribution in [0, 0.1) is 13.8 Å². The third-order valence-corrected chi connectivity index (χ3v) is 5.95. The fraction of sp³-hybridized carbons (Fsp3) is 0.174. The van der Waals surface area contributed by atoms with Crippen LogP contribution in [0.1, 0.15) is 16.7 Å². The molecule has 1 fully saturated rings. The molecule has 0 bridgehead atoms. The number of aryl methyl sites for hydroxylation is 3. The van der Waals surface area contributed by atoms with Crippen molar-refractivity contribution in [1.29, 1.82) is 0 Å². The van der Waals surface area contributed by atoms with Gasteiger partial charge in [-0.3, -0.25) is 19.3 Å². The number of imide groups is 1. The number of nitrogens with one attached hydrogen (secondary N) is 1. The second kappa shape index (κ2) is 7.84. The first-order valence-electron chi connectivity index (χ1n) is 9.50. The summed E-state index contributed by atoms with van der Waals surface area (Å²) in [5, 5.41) is 3.34. The zero-order valence-electron chi connectivity index (χ0n) is 16.9. The fourth-order valence-corrected chi connectivity index (χ4v) is 4.38. The highest BCUT2D eigenvalue weighted by atomic mass is 32.2.